The fraction of sp³-hybridized carbons (Fsp3) is 0.300. The average molecular weight is 262 g/mol. The maximum atomic E-state index is 13.2. The molecular weight excluding hydrogens is 253 g/mol. The summed E-state index contributed by atoms with van der Waals surface area (Å²) in [5, 5.41) is 10.0. The first kappa shape index (κ1) is 13.4. The molecule has 5 nitrogen and oxygen atoms in total. The van der Waals surface area contributed by atoms with Crippen LogP contribution in [0.25, 0.3) is 0 Å². The fourth-order valence-corrected chi connectivity index (χ4v) is 1.42. The summed E-state index contributed by atoms with van der Waals surface area (Å²) in [5.41, 5.74) is -0.414. The molecule has 0 heterocycles. The van der Waals surface area contributed by atoms with Crippen LogP contribution in [-0.2, 0) is 16.0 Å². The molecule has 0 bridgehead atoms. The lowest BCUT2D eigenvalue weighted by Crippen LogP contribution is -2.08. The molecule has 0 aliphatic rings. The molecule has 0 saturated carbocycles. The highest BCUT2D eigenvalue weighted by Crippen LogP contribution is 2.28. The van der Waals surface area contributed by atoms with Gasteiger partial charge in [-0.1, -0.05) is 11.6 Å². The molecule has 0 aliphatic heterocycles. The lowest BCUT2D eigenvalue weighted by molar-refractivity contribution is -0.384. The molecule has 1 aromatic rings. The summed E-state index contributed by atoms with van der Waals surface area (Å²) < 4.78 is 17.9. The van der Waals surface area contributed by atoms with Gasteiger partial charge in [0.25, 0.3) is 5.69 Å². The molecule has 1 rings (SSSR count). The van der Waals surface area contributed by atoms with Crippen LogP contribution in [0.15, 0.2) is 12.1 Å². The molecule has 0 atom stereocenters. The van der Waals surface area contributed by atoms with E-state index in [9.17, 15) is 19.3 Å². The second-order valence-electron chi connectivity index (χ2n) is 3.15. The maximum Gasteiger partial charge on any atom is 0.310 e. The Hall–Kier alpha value is -1.69. The van der Waals surface area contributed by atoms with Gasteiger partial charge in [0.1, 0.15) is 5.82 Å². The number of ether oxygens (including phenoxy) is 1. The summed E-state index contributed by atoms with van der Waals surface area (Å²) in [6.07, 6.45) is -0.233. The molecular formula is C10H9ClFNO4. The van der Waals surface area contributed by atoms with Crippen molar-refractivity contribution < 1.29 is 18.8 Å². The maximum absolute atomic E-state index is 13.2. The van der Waals surface area contributed by atoms with Crippen LogP contribution in [0.5, 0.6) is 0 Å². The van der Waals surface area contributed by atoms with Gasteiger partial charge in [0.15, 0.2) is 5.02 Å². The van der Waals surface area contributed by atoms with Crippen molar-refractivity contribution in [3.63, 3.8) is 0 Å². The molecule has 0 radical (unpaired) electrons. The van der Waals surface area contributed by atoms with E-state index in [1.54, 1.807) is 6.92 Å². The van der Waals surface area contributed by atoms with Crippen molar-refractivity contribution >= 4 is 23.3 Å². The third kappa shape index (κ3) is 3.39. The zero-order valence-electron chi connectivity index (χ0n) is 8.91. The SMILES string of the molecule is CCOC(=O)Cc1cc(F)c(Cl)c([N+](=O)[O-])c1. The molecule has 0 aliphatic carbocycles. The molecule has 92 valence electrons. The van der Waals surface area contributed by atoms with Gasteiger partial charge in [-0.3, -0.25) is 14.9 Å². The molecule has 7 heteroatoms. The number of nitro groups is 1. The largest absolute Gasteiger partial charge is 0.466 e. The van der Waals surface area contributed by atoms with E-state index in [-0.39, 0.29) is 18.6 Å². The normalized spacial score (nSPS) is 10.1. The average Bonchev–Trinajstić information content (AvgIpc) is 2.23. The van der Waals surface area contributed by atoms with Gasteiger partial charge in [-0.15, -0.1) is 0 Å². The van der Waals surface area contributed by atoms with Crippen molar-refractivity contribution in [3.05, 3.63) is 38.7 Å². The Bertz CT molecular complexity index is 464. The number of hydrogen-bond acceptors (Lipinski definition) is 4. The Morgan fingerprint density at radius 1 is 1.59 bits per heavy atom. The van der Waals surface area contributed by atoms with E-state index in [1.165, 1.54) is 0 Å². The van der Waals surface area contributed by atoms with Crippen molar-refractivity contribution in [2.75, 3.05) is 6.61 Å². The monoisotopic (exact) mass is 261 g/mol. The summed E-state index contributed by atoms with van der Waals surface area (Å²) in [5.74, 6) is -1.51. The third-order valence-corrected chi connectivity index (χ3v) is 2.29. The Morgan fingerprint density at radius 2 is 2.24 bits per heavy atom. The van der Waals surface area contributed by atoms with Gasteiger partial charge in [-0.05, 0) is 18.6 Å². The van der Waals surface area contributed by atoms with E-state index in [0.717, 1.165) is 12.1 Å². The Balaban J connectivity index is 3.02. The van der Waals surface area contributed by atoms with Gasteiger partial charge in [0.05, 0.1) is 18.0 Å². The van der Waals surface area contributed by atoms with Crippen LogP contribution in [0.2, 0.25) is 5.02 Å². The van der Waals surface area contributed by atoms with Crippen molar-refractivity contribution in [1.82, 2.24) is 0 Å². The number of halogens is 2. The fourth-order valence-electron chi connectivity index (χ4n) is 1.24. The minimum absolute atomic E-state index is 0.150. The van der Waals surface area contributed by atoms with Gasteiger partial charge in [0.2, 0.25) is 0 Å². The summed E-state index contributed by atoms with van der Waals surface area (Å²) >= 11 is 5.43. The number of rotatable bonds is 4. The molecule has 1 aromatic carbocycles. The number of carbonyl (C=O) groups excluding carboxylic acids is 1. The number of nitrogens with zero attached hydrogens (tertiary/aromatic N) is 1. The Labute approximate surface area is 101 Å². The number of carbonyl (C=O) groups is 1. The third-order valence-electron chi connectivity index (χ3n) is 1.92. The van der Waals surface area contributed by atoms with Gasteiger partial charge >= 0.3 is 5.97 Å². The van der Waals surface area contributed by atoms with Crippen LogP contribution in [0.3, 0.4) is 0 Å². The van der Waals surface area contributed by atoms with E-state index < -0.39 is 27.4 Å². The molecule has 0 aromatic heterocycles. The van der Waals surface area contributed by atoms with E-state index in [1.807, 2.05) is 0 Å². The van der Waals surface area contributed by atoms with Crippen LogP contribution in [0.1, 0.15) is 12.5 Å². The first-order chi connectivity index (χ1) is 7.95. The number of benzene rings is 1. The van der Waals surface area contributed by atoms with Gasteiger partial charge < -0.3 is 4.74 Å². The van der Waals surface area contributed by atoms with Crippen LogP contribution in [0.4, 0.5) is 10.1 Å². The summed E-state index contributed by atoms with van der Waals surface area (Å²) in [6, 6.07) is 2.04. The van der Waals surface area contributed by atoms with Crippen LogP contribution in [-0.4, -0.2) is 17.5 Å². The van der Waals surface area contributed by atoms with Crippen LogP contribution < -0.4 is 0 Å². The minimum atomic E-state index is -0.930. The van der Waals surface area contributed by atoms with Crippen molar-refractivity contribution in [2.24, 2.45) is 0 Å². The van der Waals surface area contributed by atoms with Gasteiger partial charge in [-0.2, -0.15) is 0 Å². The predicted molar refractivity (Wildman–Crippen MR) is 58.4 cm³/mol. The van der Waals surface area contributed by atoms with Crippen molar-refractivity contribution in [3.8, 4) is 0 Å². The highest BCUT2D eigenvalue weighted by atomic mass is 35.5. The molecule has 0 N–H and O–H groups in total. The Kier molecular flexibility index (Phi) is 4.39. The number of nitro benzene ring substituents is 1. The summed E-state index contributed by atoms with van der Waals surface area (Å²) in [7, 11) is 0. The zero-order chi connectivity index (χ0) is 13.0. The van der Waals surface area contributed by atoms with Crippen molar-refractivity contribution in [1.29, 1.82) is 0 Å². The zero-order valence-corrected chi connectivity index (χ0v) is 9.66. The summed E-state index contributed by atoms with van der Waals surface area (Å²) in [4.78, 5) is 20.9. The lowest BCUT2D eigenvalue weighted by Gasteiger charge is -2.03. The molecule has 0 unspecified atom stereocenters. The molecule has 0 saturated heterocycles. The van der Waals surface area contributed by atoms with Crippen molar-refractivity contribution in [2.45, 2.75) is 13.3 Å². The predicted octanol–water partition coefficient (Wildman–Crippen LogP) is 2.49. The number of hydrogen-bond donors (Lipinski definition) is 0. The topological polar surface area (TPSA) is 69.4 Å². The first-order valence-corrected chi connectivity index (χ1v) is 5.11. The second-order valence-corrected chi connectivity index (χ2v) is 3.53. The van der Waals surface area contributed by atoms with E-state index in [4.69, 9.17) is 11.6 Å². The second kappa shape index (κ2) is 5.58. The Morgan fingerprint density at radius 3 is 2.76 bits per heavy atom. The van der Waals surface area contributed by atoms with Crippen LogP contribution >= 0.6 is 11.6 Å². The van der Waals surface area contributed by atoms with E-state index in [0.29, 0.717) is 0 Å². The van der Waals surface area contributed by atoms with Gasteiger partial charge in [0, 0.05) is 6.07 Å². The van der Waals surface area contributed by atoms with Gasteiger partial charge in [-0.25, -0.2) is 4.39 Å². The van der Waals surface area contributed by atoms with E-state index >= 15 is 0 Å². The minimum Gasteiger partial charge on any atom is -0.466 e. The van der Waals surface area contributed by atoms with E-state index in [2.05, 4.69) is 4.74 Å². The number of esters is 1. The highest BCUT2D eigenvalue weighted by molar-refractivity contribution is 6.32. The molecule has 17 heavy (non-hydrogen) atoms. The quantitative estimate of drug-likeness (QED) is 0.474. The van der Waals surface area contributed by atoms with Crippen LogP contribution in [0, 0.1) is 15.9 Å². The smallest absolute Gasteiger partial charge is 0.310 e. The first-order valence-electron chi connectivity index (χ1n) is 4.73. The lowest BCUT2D eigenvalue weighted by atomic mass is 10.1. The summed E-state index contributed by atoms with van der Waals surface area (Å²) in [6.45, 7) is 1.82. The molecule has 0 spiro atoms. The highest BCUT2D eigenvalue weighted by Gasteiger charge is 2.19. The molecule has 0 amide bonds. The standard InChI is InChI=1S/C10H9ClFNO4/c1-2-17-9(14)5-6-3-7(12)10(11)8(4-6)13(15)16/h3-4H,2,5H2,1H3. The molecule has 0 fully saturated rings.